The highest BCUT2D eigenvalue weighted by molar-refractivity contribution is 6.39. The topological polar surface area (TPSA) is 37.2 Å². The Labute approximate surface area is 200 Å². The summed E-state index contributed by atoms with van der Waals surface area (Å²) in [6, 6.07) is 13.1. The number of rotatable bonds is 6. The number of hydrogen-bond acceptors (Lipinski definition) is 3. The fourth-order valence-electron chi connectivity index (χ4n) is 4.32. The molecule has 1 aliphatic rings. The number of ether oxygens (including phenoxy) is 1. The van der Waals surface area contributed by atoms with Crippen LogP contribution in [0.25, 0.3) is 0 Å². The second-order valence-corrected chi connectivity index (χ2v) is 10.3. The van der Waals surface area contributed by atoms with Crippen molar-refractivity contribution in [1.82, 2.24) is 4.90 Å². The van der Waals surface area contributed by atoms with Crippen molar-refractivity contribution in [2.24, 2.45) is 9.98 Å². The van der Waals surface area contributed by atoms with Gasteiger partial charge in [0.25, 0.3) is 5.90 Å². The minimum Gasteiger partial charge on any atom is -0.473 e. The van der Waals surface area contributed by atoms with Crippen LogP contribution in [0.4, 0.5) is 11.4 Å². The van der Waals surface area contributed by atoms with Crippen molar-refractivity contribution < 1.29 is 4.74 Å². The number of para-hydroxylation sites is 2. The normalized spacial score (nSPS) is 17.2. The van der Waals surface area contributed by atoms with E-state index in [4.69, 9.17) is 14.7 Å². The lowest BCUT2D eigenvalue weighted by molar-refractivity contribution is 0.252. The number of likely N-dealkylation sites (N-methyl/N-ethyl adjacent to an activating group) is 1. The van der Waals surface area contributed by atoms with Crippen LogP contribution in [0, 0.1) is 0 Å². The molecule has 0 amide bonds. The second-order valence-electron chi connectivity index (χ2n) is 10.3. The van der Waals surface area contributed by atoms with Gasteiger partial charge in [0.1, 0.15) is 6.61 Å². The van der Waals surface area contributed by atoms with Crippen molar-refractivity contribution in [3.8, 4) is 0 Å². The summed E-state index contributed by atoms with van der Waals surface area (Å²) >= 11 is 0. The monoisotopic (exact) mass is 447 g/mol. The minimum absolute atomic E-state index is 0.374. The fourth-order valence-corrected chi connectivity index (χ4v) is 4.32. The van der Waals surface area contributed by atoms with Crippen LogP contribution in [0.15, 0.2) is 46.4 Å². The van der Waals surface area contributed by atoms with E-state index in [1.165, 1.54) is 22.3 Å². The summed E-state index contributed by atoms with van der Waals surface area (Å²) in [6.45, 7) is 19.2. The molecule has 0 aliphatic carbocycles. The zero-order valence-corrected chi connectivity index (χ0v) is 21.9. The molecule has 3 rings (SSSR count). The molecule has 4 heteroatoms. The zero-order valence-electron chi connectivity index (χ0n) is 21.9. The number of hydrogen-bond donors (Lipinski definition) is 0. The van der Waals surface area contributed by atoms with E-state index in [-0.39, 0.29) is 0 Å². The maximum Gasteiger partial charge on any atom is 0.258 e. The fraction of sp³-hybridized carbons (Fsp3) is 0.517. The molecule has 0 atom stereocenters. The molecule has 0 spiro atoms. The third kappa shape index (κ3) is 5.48. The Balaban J connectivity index is 2.25. The van der Waals surface area contributed by atoms with Gasteiger partial charge in [-0.3, -0.25) is 0 Å². The van der Waals surface area contributed by atoms with Crippen LogP contribution in [-0.2, 0) is 4.74 Å². The van der Waals surface area contributed by atoms with Gasteiger partial charge in [-0.25, -0.2) is 9.98 Å². The van der Waals surface area contributed by atoms with E-state index in [0.29, 0.717) is 36.2 Å². The molecule has 4 nitrogen and oxygen atoms in total. The predicted octanol–water partition coefficient (Wildman–Crippen LogP) is 7.90. The smallest absolute Gasteiger partial charge is 0.258 e. The number of benzene rings is 2. The average Bonchev–Trinajstić information content (AvgIpc) is 2.75. The van der Waals surface area contributed by atoms with Crippen LogP contribution >= 0.6 is 0 Å². The Bertz CT molecular complexity index is 979. The molecular formula is C29H41N3O. The molecule has 2 aromatic rings. The standard InChI is InChI=1S/C29H41N3O/c1-18(2)22-12-10-13-23(19(3)4)26(22)30-28-29(33-17-16-32(28)9)31-27-24(20(5)6)14-11-15-25(27)21(7)8/h10-15,18-21H,16-17H2,1-9H3/b30-28-,31-29+. The van der Waals surface area contributed by atoms with Crippen molar-refractivity contribution in [3.05, 3.63) is 58.7 Å². The van der Waals surface area contributed by atoms with E-state index in [1.807, 2.05) is 0 Å². The number of aliphatic imine (C=N–C) groups is 2. The Morgan fingerprint density at radius 3 is 1.45 bits per heavy atom. The molecular weight excluding hydrogens is 406 g/mol. The molecule has 0 bridgehead atoms. The quantitative estimate of drug-likeness (QED) is 0.451. The van der Waals surface area contributed by atoms with Crippen LogP contribution in [0.1, 0.15) is 101 Å². The van der Waals surface area contributed by atoms with Crippen molar-refractivity contribution in [2.45, 2.75) is 79.1 Å². The average molecular weight is 448 g/mol. The first-order valence-electron chi connectivity index (χ1n) is 12.4. The first kappa shape index (κ1) is 25.0. The Morgan fingerprint density at radius 2 is 1.06 bits per heavy atom. The van der Waals surface area contributed by atoms with Gasteiger partial charge in [0.15, 0.2) is 5.84 Å². The zero-order chi connectivity index (χ0) is 24.3. The molecule has 0 aromatic heterocycles. The number of morpholine rings is 1. The first-order valence-corrected chi connectivity index (χ1v) is 12.4. The summed E-state index contributed by atoms with van der Waals surface area (Å²) in [5, 5.41) is 0. The van der Waals surface area contributed by atoms with Gasteiger partial charge in [-0.15, -0.1) is 0 Å². The van der Waals surface area contributed by atoms with Crippen molar-refractivity contribution in [2.75, 3.05) is 20.2 Å². The van der Waals surface area contributed by atoms with Crippen LogP contribution in [0.5, 0.6) is 0 Å². The Morgan fingerprint density at radius 1 is 0.667 bits per heavy atom. The van der Waals surface area contributed by atoms with E-state index in [0.717, 1.165) is 23.8 Å². The number of nitrogens with zero attached hydrogens (tertiary/aromatic N) is 3. The molecule has 2 aromatic carbocycles. The van der Waals surface area contributed by atoms with Gasteiger partial charge >= 0.3 is 0 Å². The third-order valence-electron chi connectivity index (χ3n) is 6.33. The maximum absolute atomic E-state index is 6.18. The molecule has 0 N–H and O–H groups in total. The van der Waals surface area contributed by atoms with E-state index < -0.39 is 0 Å². The molecule has 178 valence electrons. The Kier molecular flexibility index (Phi) is 7.99. The van der Waals surface area contributed by atoms with Crippen molar-refractivity contribution in [1.29, 1.82) is 0 Å². The summed E-state index contributed by atoms with van der Waals surface area (Å²) in [5.74, 6) is 2.94. The lowest BCUT2D eigenvalue weighted by Crippen LogP contribution is -2.42. The lowest BCUT2D eigenvalue weighted by Gasteiger charge is -2.29. The third-order valence-corrected chi connectivity index (χ3v) is 6.33. The predicted molar refractivity (Wildman–Crippen MR) is 142 cm³/mol. The highest BCUT2D eigenvalue weighted by Gasteiger charge is 2.25. The summed E-state index contributed by atoms with van der Waals surface area (Å²) in [7, 11) is 2.08. The van der Waals surface area contributed by atoms with Crippen LogP contribution in [-0.4, -0.2) is 36.8 Å². The number of amidine groups is 1. The lowest BCUT2D eigenvalue weighted by atomic mass is 9.93. The largest absolute Gasteiger partial charge is 0.473 e. The highest BCUT2D eigenvalue weighted by Crippen LogP contribution is 2.37. The molecule has 0 saturated carbocycles. The van der Waals surface area contributed by atoms with Crippen LogP contribution < -0.4 is 0 Å². The maximum atomic E-state index is 6.18. The van der Waals surface area contributed by atoms with Crippen molar-refractivity contribution in [3.63, 3.8) is 0 Å². The molecule has 1 heterocycles. The van der Waals surface area contributed by atoms with Crippen LogP contribution in [0.3, 0.4) is 0 Å². The van der Waals surface area contributed by atoms with Gasteiger partial charge in [-0.05, 0) is 45.9 Å². The van der Waals surface area contributed by atoms with Gasteiger partial charge < -0.3 is 9.64 Å². The van der Waals surface area contributed by atoms with Gasteiger partial charge in [0, 0.05) is 7.05 Å². The van der Waals surface area contributed by atoms with Gasteiger partial charge in [0.05, 0.1) is 17.9 Å². The molecule has 1 fully saturated rings. The first-order chi connectivity index (χ1) is 15.6. The van der Waals surface area contributed by atoms with E-state index >= 15 is 0 Å². The molecule has 33 heavy (non-hydrogen) atoms. The molecule has 1 saturated heterocycles. The minimum atomic E-state index is 0.374. The summed E-state index contributed by atoms with van der Waals surface area (Å²) in [6.07, 6.45) is 0. The van der Waals surface area contributed by atoms with E-state index in [1.54, 1.807) is 0 Å². The van der Waals surface area contributed by atoms with Crippen LogP contribution in [0.2, 0.25) is 0 Å². The summed E-state index contributed by atoms with van der Waals surface area (Å²) in [4.78, 5) is 12.6. The SMILES string of the molecule is CC(C)c1cccc(C(C)C)c1/N=C1/C(=N\c2c(C(C)C)cccc2C(C)C)OCCN1C. The molecule has 1 aliphatic heterocycles. The molecule has 0 unspecified atom stereocenters. The Hall–Kier alpha value is -2.62. The van der Waals surface area contributed by atoms with Gasteiger partial charge in [-0.2, -0.15) is 0 Å². The van der Waals surface area contributed by atoms with Gasteiger partial charge in [-0.1, -0.05) is 91.8 Å². The summed E-state index contributed by atoms with van der Waals surface area (Å²) in [5.41, 5.74) is 7.10. The van der Waals surface area contributed by atoms with Crippen molar-refractivity contribution >= 4 is 23.1 Å². The van der Waals surface area contributed by atoms with E-state index in [2.05, 4.69) is 104 Å². The molecule has 0 radical (unpaired) electrons. The van der Waals surface area contributed by atoms with Gasteiger partial charge in [0.2, 0.25) is 0 Å². The van der Waals surface area contributed by atoms with E-state index in [9.17, 15) is 0 Å². The summed E-state index contributed by atoms with van der Waals surface area (Å²) < 4.78 is 6.18. The highest BCUT2D eigenvalue weighted by atomic mass is 16.5. The second kappa shape index (κ2) is 10.5.